The molecule has 2 nitrogen and oxygen atoms in total. The highest BCUT2D eigenvalue weighted by atomic mass is 16.1. The van der Waals surface area contributed by atoms with Gasteiger partial charge in [-0.25, -0.2) is 0 Å². The zero-order valence-corrected chi connectivity index (χ0v) is 11.2. The first-order valence-corrected chi connectivity index (χ1v) is 6.60. The van der Waals surface area contributed by atoms with Crippen LogP contribution in [-0.2, 0) is 4.79 Å². The average molecular weight is 241 g/mol. The number of allylic oxidation sites excluding steroid dienone is 1. The maximum atomic E-state index is 12.2. The second-order valence-electron chi connectivity index (χ2n) is 5.55. The van der Waals surface area contributed by atoms with Crippen molar-refractivity contribution in [1.29, 1.82) is 0 Å². The Morgan fingerprint density at radius 3 is 2.56 bits per heavy atom. The van der Waals surface area contributed by atoms with E-state index in [4.69, 9.17) is 0 Å². The normalized spacial score (nSPS) is 29.1. The van der Waals surface area contributed by atoms with Crippen LogP contribution >= 0.6 is 0 Å². The number of benzene rings is 1. The van der Waals surface area contributed by atoms with Gasteiger partial charge in [-0.05, 0) is 31.4 Å². The Bertz CT molecular complexity index is 512. The third-order valence-corrected chi connectivity index (χ3v) is 4.44. The molecule has 0 aliphatic heterocycles. The van der Waals surface area contributed by atoms with E-state index < -0.39 is 0 Å². The molecule has 2 heteroatoms. The maximum Gasteiger partial charge on any atom is 0.159 e. The average Bonchev–Trinajstić information content (AvgIpc) is 2.72. The molecule has 3 rings (SSSR count). The van der Waals surface area contributed by atoms with E-state index in [0.29, 0.717) is 11.7 Å². The van der Waals surface area contributed by atoms with Crippen molar-refractivity contribution in [3.8, 4) is 0 Å². The van der Waals surface area contributed by atoms with Crippen LogP contribution in [0.15, 0.2) is 30.4 Å². The van der Waals surface area contributed by atoms with Gasteiger partial charge in [0.1, 0.15) is 0 Å². The molecule has 3 atom stereocenters. The molecule has 94 valence electrons. The molecule has 0 aromatic heterocycles. The van der Waals surface area contributed by atoms with Crippen LogP contribution < -0.4 is 4.90 Å². The first-order valence-electron chi connectivity index (χ1n) is 6.60. The predicted molar refractivity (Wildman–Crippen MR) is 73.9 cm³/mol. The van der Waals surface area contributed by atoms with Crippen LogP contribution in [0.5, 0.6) is 0 Å². The number of carbonyl (C=O) groups is 1. The van der Waals surface area contributed by atoms with Crippen LogP contribution in [0.4, 0.5) is 5.69 Å². The Morgan fingerprint density at radius 1 is 1.22 bits per heavy atom. The monoisotopic (exact) mass is 241 g/mol. The third-order valence-electron chi connectivity index (χ3n) is 4.44. The number of carbonyl (C=O) groups excluding carboxylic acids is 1. The molecule has 18 heavy (non-hydrogen) atoms. The van der Waals surface area contributed by atoms with Crippen molar-refractivity contribution in [2.45, 2.75) is 26.3 Å². The number of aryl methyl sites for hydroxylation is 2. The predicted octanol–water partition coefficient (Wildman–Crippen LogP) is 2.88. The van der Waals surface area contributed by atoms with Gasteiger partial charge in [0, 0.05) is 24.6 Å². The van der Waals surface area contributed by atoms with Crippen LogP contribution in [-0.4, -0.2) is 18.9 Å². The summed E-state index contributed by atoms with van der Waals surface area (Å²) in [6, 6.07) is 6.35. The molecule has 2 aliphatic carbocycles. The molecule has 1 saturated carbocycles. The van der Waals surface area contributed by atoms with Crippen molar-refractivity contribution in [2.75, 3.05) is 11.9 Å². The highest BCUT2D eigenvalue weighted by Gasteiger charge is 2.51. The van der Waals surface area contributed by atoms with Crippen molar-refractivity contribution < 1.29 is 4.79 Å². The summed E-state index contributed by atoms with van der Waals surface area (Å²) in [5, 5.41) is 0. The van der Waals surface area contributed by atoms with Crippen LogP contribution in [0.3, 0.4) is 0 Å². The van der Waals surface area contributed by atoms with E-state index in [0.717, 1.165) is 6.42 Å². The van der Waals surface area contributed by atoms with Crippen molar-refractivity contribution in [1.82, 2.24) is 0 Å². The summed E-state index contributed by atoms with van der Waals surface area (Å²) in [7, 11) is 2.06. The van der Waals surface area contributed by atoms with Crippen molar-refractivity contribution in [3.63, 3.8) is 0 Å². The largest absolute Gasteiger partial charge is 0.363 e. The summed E-state index contributed by atoms with van der Waals surface area (Å²) in [4.78, 5) is 14.4. The number of hydrogen-bond donors (Lipinski definition) is 0. The maximum absolute atomic E-state index is 12.2. The van der Waals surface area contributed by atoms with Gasteiger partial charge in [-0.1, -0.05) is 30.4 Å². The molecule has 0 spiro atoms. The summed E-state index contributed by atoms with van der Waals surface area (Å²) in [5.41, 5.74) is 3.71. The first kappa shape index (κ1) is 11.5. The van der Waals surface area contributed by atoms with E-state index in [1.54, 1.807) is 0 Å². The van der Waals surface area contributed by atoms with Crippen molar-refractivity contribution in [3.05, 3.63) is 41.5 Å². The second kappa shape index (κ2) is 3.98. The van der Waals surface area contributed by atoms with Crippen LogP contribution in [0.2, 0.25) is 0 Å². The number of para-hydroxylation sites is 1. The summed E-state index contributed by atoms with van der Waals surface area (Å²) in [5.74, 6) is 1.11. The summed E-state index contributed by atoms with van der Waals surface area (Å²) in [6.45, 7) is 4.23. The van der Waals surface area contributed by atoms with E-state index in [-0.39, 0.29) is 12.0 Å². The minimum Gasteiger partial charge on any atom is -0.363 e. The SMILES string of the molecule is Cc1cccc(C)c1N(C)C1C(=O)[C@@H]2CC=C[C@H]12. The fraction of sp³-hybridized carbons (Fsp3) is 0.438. The summed E-state index contributed by atoms with van der Waals surface area (Å²) < 4.78 is 0. The first-order chi connectivity index (χ1) is 8.61. The Hall–Kier alpha value is -1.57. The van der Waals surface area contributed by atoms with Crippen molar-refractivity contribution in [2.24, 2.45) is 11.8 Å². The Morgan fingerprint density at radius 2 is 1.89 bits per heavy atom. The number of anilines is 1. The molecule has 0 radical (unpaired) electrons. The number of likely N-dealkylation sites (N-methyl/N-ethyl adjacent to an activating group) is 1. The summed E-state index contributed by atoms with van der Waals surface area (Å²) in [6.07, 6.45) is 5.33. The van der Waals surface area contributed by atoms with Gasteiger partial charge in [-0.2, -0.15) is 0 Å². The molecule has 0 N–H and O–H groups in total. The zero-order valence-electron chi connectivity index (χ0n) is 11.2. The van der Waals surface area contributed by atoms with E-state index in [9.17, 15) is 4.79 Å². The molecule has 1 aromatic carbocycles. The molecule has 0 heterocycles. The minimum atomic E-state index is 0.0496. The van der Waals surface area contributed by atoms with E-state index in [1.165, 1.54) is 16.8 Å². The van der Waals surface area contributed by atoms with Crippen LogP contribution in [0.1, 0.15) is 17.5 Å². The molecular formula is C16H19NO. The lowest BCUT2D eigenvalue weighted by atomic mass is 9.69. The molecule has 2 aliphatic rings. The number of ketones is 1. The van der Waals surface area contributed by atoms with Gasteiger partial charge in [0.2, 0.25) is 0 Å². The van der Waals surface area contributed by atoms with Crippen LogP contribution in [0, 0.1) is 25.7 Å². The smallest absolute Gasteiger partial charge is 0.159 e. The Labute approximate surface area is 108 Å². The van der Waals surface area contributed by atoms with Gasteiger partial charge in [-0.15, -0.1) is 0 Å². The molecule has 1 fully saturated rings. The molecule has 0 saturated heterocycles. The quantitative estimate of drug-likeness (QED) is 0.742. The highest BCUT2D eigenvalue weighted by Crippen LogP contribution is 2.44. The lowest BCUT2D eigenvalue weighted by molar-refractivity contribution is -0.133. The topological polar surface area (TPSA) is 20.3 Å². The van der Waals surface area contributed by atoms with E-state index in [2.05, 4.69) is 56.1 Å². The minimum absolute atomic E-state index is 0.0496. The van der Waals surface area contributed by atoms with Gasteiger partial charge >= 0.3 is 0 Å². The lowest BCUT2D eigenvalue weighted by Gasteiger charge is -2.45. The van der Waals surface area contributed by atoms with Gasteiger partial charge in [0.05, 0.1) is 6.04 Å². The number of hydrogen-bond acceptors (Lipinski definition) is 2. The molecule has 1 unspecified atom stereocenters. The third kappa shape index (κ3) is 1.45. The molecule has 1 aromatic rings. The van der Waals surface area contributed by atoms with Gasteiger partial charge in [0.25, 0.3) is 0 Å². The lowest BCUT2D eigenvalue weighted by Crippen LogP contribution is -2.58. The van der Waals surface area contributed by atoms with Crippen molar-refractivity contribution >= 4 is 11.5 Å². The standard InChI is InChI=1S/C16H19NO/c1-10-6-4-7-11(2)14(10)17(3)15-12-8-5-9-13(12)16(15)18/h4-8,12-13,15H,9H2,1-3H3/t12-,13+,15?/m0/s1. The van der Waals surface area contributed by atoms with Gasteiger partial charge < -0.3 is 4.90 Å². The fourth-order valence-electron chi connectivity index (χ4n) is 3.55. The fourth-order valence-corrected chi connectivity index (χ4v) is 3.55. The van der Waals surface area contributed by atoms with Gasteiger partial charge in [-0.3, -0.25) is 4.79 Å². The molecule has 0 bridgehead atoms. The highest BCUT2D eigenvalue weighted by molar-refractivity contribution is 5.97. The number of fused-ring (bicyclic) bond motifs is 1. The van der Waals surface area contributed by atoms with Crippen LogP contribution in [0.25, 0.3) is 0 Å². The second-order valence-corrected chi connectivity index (χ2v) is 5.55. The molecular weight excluding hydrogens is 222 g/mol. The molecule has 0 amide bonds. The summed E-state index contributed by atoms with van der Waals surface area (Å²) >= 11 is 0. The van der Waals surface area contributed by atoms with E-state index in [1.807, 2.05) is 0 Å². The van der Waals surface area contributed by atoms with Gasteiger partial charge in [0.15, 0.2) is 5.78 Å². The van der Waals surface area contributed by atoms with E-state index >= 15 is 0 Å². The Balaban J connectivity index is 1.93. The number of Topliss-reactive ketones (excluding diaryl/α,β-unsaturated/α-hetero) is 1. The zero-order chi connectivity index (χ0) is 12.9. The Kier molecular flexibility index (Phi) is 2.54. The number of rotatable bonds is 2. The number of nitrogens with zero attached hydrogens (tertiary/aromatic N) is 1.